The van der Waals surface area contributed by atoms with Crippen molar-refractivity contribution in [2.45, 2.75) is 6.42 Å². The molecule has 0 unspecified atom stereocenters. The number of aromatic nitrogens is 2. The lowest BCUT2D eigenvalue weighted by atomic mass is 10.2. The Morgan fingerprint density at radius 3 is 2.41 bits per heavy atom. The van der Waals surface area contributed by atoms with Crippen molar-refractivity contribution in [1.29, 1.82) is 0 Å². The number of hydrogen-bond acceptors (Lipinski definition) is 6. The van der Waals surface area contributed by atoms with Crippen molar-refractivity contribution in [2.24, 2.45) is 0 Å². The van der Waals surface area contributed by atoms with E-state index >= 15 is 0 Å². The van der Waals surface area contributed by atoms with Gasteiger partial charge in [0.05, 0.1) is 6.54 Å². The van der Waals surface area contributed by atoms with E-state index in [1.165, 1.54) is 23.5 Å². The molecule has 3 amide bonds. The molecule has 1 saturated heterocycles. The Bertz CT molecular complexity index is 1050. The van der Waals surface area contributed by atoms with E-state index in [9.17, 15) is 14.0 Å². The Kier molecular flexibility index (Phi) is 6.90. The zero-order valence-electron chi connectivity index (χ0n) is 17.3. The largest absolute Gasteiger partial charge is 0.368 e. The molecule has 1 aromatic heterocycles. The van der Waals surface area contributed by atoms with Gasteiger partial charge >= 0.3 is 6.03 Å². The number of carbonyl (C=O) groups excluding carboxylic acids is 2. The first-order chi connectivity index (χ1) is 15.6. The topological polar surface area (TPSA) is 90.5 Å². The van der Waals surface area contributed by atoms with Crippen LogP contribution in [0.5, 0.6) is 0 Å². The maximum absolute atomic E-state index is 13.1. The van der Waals surface area contributed by atoms with Gasteiger partial charge in [0.1, 0.15) is 10.8 Å². The molecular weight excluding hydrogens is 431 g/mol. The van der Waals surface area contributed by atoms with Gasteiger partial charge in [0.25, 0.3) is 0 Å². The van der Waals surface area contributed by atoms with Gasteiger partial charge in [-0.05, 0) is 29.8 Å². The van der Waals surface area contributed by atoms with Gasteiger partial charge in [0.15, 0.2) is 0 Å². The van der Waals surface area contributed by atoms with Crippen LogP contribution in [0.1, 0.15) is 10.6 Å². The van der Waals surface area contributed by atoms with Crippen molar-refractivity contribution < 1.29 is 14.0 Å². The van der Waals surface area contributed by atoms with Crippen LogP contribution in [0, 0.1) is 5.82 Å². The number of halogens is 1. The molecule has 0 radical (unpaired) electrons. The summed E-state index contributed by atoms with van der Waals surface area (Å²) in [7, 11) is 0. The Morgan fingerprint density at radius 1 is 0.969 bits per heavy atom. The van der Waals surface area contributed by atoms with Gasteiger partial charge in [-0.1, -0.05) is 41.7 Å². The second kappa shape index (κ2) is 10.2. The van der Waals surface area contributed by atoms with E-state index in [1.54, 1.807) is 17.0 Å². The highest BCUT2D eigenvalue weighted by Crippen LogP contribution is 2.19. The number of amides is 3. The molecule has 10 heteroatoms. The molecule has 3 aromatic rings. The van der Waals surface area contributed by atoms with Gasteiger partial charge in [0, 0.05) is 38.3 Å². The Hall–Kier alpha value is -3.53. The summed E-state index contributed by atoms with van der Waals surface area (Å²) in [5.74, 6) is -0.628. The van der Waals surface area contributed by atoms with Crippen LogP contribution in [-0.2, 0) is 11.2 Å². The zero-order valence-corrected chi connectivity index (χ0v) is 18.1. The Labute approximate surface area is 189 Å². The molecule has 1 aliphatic heterocycles. The van der Waals surface area contributed by atoms with Gasteiger partial charge in [-0.2, -0.15) is 0 Å². The van der Waals surface area contributed by atoms with Gasteiger partial charge in [-0.3, -0.25) is 10.1 Å². The summed E-state index contributed by atoms with van der Waals surface area (Å²) in [6, 6.07) is 15.9. The van der Waals surface area contributed by atoms with Crippen molar-refractivity contribution in [1.82, 2.24) is 20.4 Å². The number of benzene rings is 2. The normalized spacial score (nSPS) is 13.7. The molecule has 2 heterocycles. The fraction of sp³-hybridized carbons (Fsp3) is 0.273. The van der Waals surface area contributed by atoms with Crippen LogP contribution < -0.4 is 15.5 Å². The van der Waals surface area contributed by atoms with E-state index in [4.69, 9.17) is 0 Å². The second-order valence-corrected chi connectivity index (χ2v) is 8.38. The first kappa shape index (κ1) is 21.7. The molecule has 1 fully saturated rings. The molecule has 0 atom stereocenters. The summed E-state index contributed by atoms with van der Waals surface area (Å²) in [6.45, 7) is 2.17. The number of carbonyl (C=O) groups is 2. The Morgan fingerprint density at radius 2 is 1.69 bits per heavy atom. The summed E-state index contributed by atoms with van der Waals surface area (Å²) in [5.41, 5.74) is 2.04. The van der Waals surface area contributed by atoms with E-state index in [2.05, 4.69) is 25.7 Å². The van der Waals surface area contributed by atoms with Crippen LogP contribution in [0.25, 0.3) is 0 Å². The predicted octanol–water partition coefficient (Wildman–Crippen LogP) is 2.74. The minimum absolute atomic E-state index is 0.148. The van der Waals surface area contributed by atoms with Crippen molar-refractivity contribution in [3.63, 3.8) is 0 Å². The molecular formula is C22H23FN6O2S. The highest BCUT2D eigenvalue weighted by atomic mass is 32.1. The number of nitrogens with one attached hydrogen (secondary N) is 2. The fourth-order valence-corrected chi connectivity index (χ4v) is 4.19. The number of nitrogens with zero attached hydrogens (tertiary/aromatic N) is 4. The molecule has 4 rings (SSSR count). The molecule has 0 saturated carbocycles. The summed E-state index contributed by atoms with van der Waals surface area (Å²) in [5, 5.41) is 14.6. The lowest BCUT2D eigenvalue weighted by Crippen LogP contribution is -2.52. The maximum Gasteiger partial charge on any atom is 0.317 e. The third kappa shape index (κ3) is 5.79. The molecule has 1 aliphatic rings. The zero-order chi connectivity index (χ0) is 22.3. The molecule has 0 spiro atoms. The predicted molar refractivity (Wildman–Crippen MR) is 121 cm³/mol. The van der Waals surface area contributed by atoms with E-state index in [1.807, 2.05) is 30.3 Å². The van der Waals surface area contributed by atoms with Crippen LogP contribution in [-0.4, -0.2) is 59.8 Å². The average Bonchev–Trinajstić information content (AvgIpc) is 3.25. The van der Waals surface area contributed by atoms with Crippen LogP contribution in [0.2, 0.25) is 0 Å². The molecule has 2 N–H and O–H groups in total. The number of hydrogen-bond donors (Lipinski definition) is 2. The van der Waals surface area contributed by atoms with E-state index < -0.39 is 0 Å². The highest BCUT2D eigenvalue weighted by Gasteiger charge is 2.21. The highest BCUT2D eigenvalue weighted by molar-refractivity contribution is 7.15. The molecule has 8 nitrogen and oxygen atoms in total. The smallest absolute Gasteiger partial charge is 0.317 e. The number of rotatable bonds is 6. The second-order valence-electron chi connectivity index (χ2n) is 7.32. The standard InChI is InChI=1S/C22H23FN6O2S/c23-17-6-8-18(9-7-17)28-10-12-29(13-11-28)22(31)24-15-19(30)25-21-27-26-20(32-21)14-16-4-2-1-3-5-16/h1-9H,10-15H2,(H,24,31)(H,25,27,30). The van der Waals surface area contributed by atoms with E-state index in [0.717, 1.165) is 16.3 Å². The third-order valence-corrected chi connectivity index (χ3v) is 5.91. The van der Waals surface area contributed by atoms with Crippen molar-refractivity contribution in [3.05, 3.63) is 71.0 Å². The van der Waals surface area contributed by atoms with Gasteiger partial charge < -0.3 is 15.1 Å². The average molecular weight is 455 g/mol. The SMILES string of the molecule is O=C(CNC(=O)N1CCN(c2ccc(F)cc2)CC1)Nc1nnc(Cc2ccccc2)s1. The third-order valence-electron chi connectivity index (χ3n) is 5.07. The summed E-state index contributed by atoms with van der Waals surface area (Å²) >= 11 is 1.31. The Balaban J connectivity index is 1.19. The van der Waals surface area contributed by atoms with Crippen LogP contribution in [0.15, 0.2) is 54.6 Å². The van der Waals surface area contributed by atoms with Gasteiger partial charge in [0.2, 0.25) is 11.0 Å². The van der Waals surface area contributed by atoms with E-state index in [0.29, 0.717) is 37.7 Å². The maximum atomic E-state index is 13.1. The molecule has 166 valence electrons. The quantitative estimate of drug-likeness (QED) is 0.598. The molecule has 0 bridgehead atoms. The van der Waals surface area contributed by atoms with Crippen LogP contribution in [0.3, 0.4) is 0 Å². The van der Waals surface area contributed by atoms with Crippen molar-refractivity contribution in [3.8, 4) is 0 Å². The molecule has 2 aromatic carbocycles. The van der Waals surface area contributed by atoms with Gasteiger partial charge in [-0.25, -0.2) is 9.18 Å². The summed E-state index contributed by atoms with van der Waals surface area (Å²) < 4.78 is 13.1. The number of urea groups is 1. The van der Waals surface area contributed by atoms with E-state index in [-0.39, 0.29) is 24.3 Å². The van der Waals surface area contributed by atoms with Crippen LogP contribution in [0.4, 0.5) is 20.0 Å². The summed E-state index contributed by atoms with van der Waals surface area (Å²) in [6.07, 6.45) is 0.648. The lowest BCUT2D eigenvalue weighted by molar-refractivity contribution is -0.115. The number of anilines is 2. The summed E-state index contributed by atoms with van der Waals surface area (Å²) in [4.78, 5) is 28.3. The first-order valence-electron chi connectivity index (χ1n) is 10.3. The van der Waals surface area contributed by atoms with Crippen LogP contribution >= 0.6 is 11.3 Å². The van der Waals surface area contributed by atoms with Crippen molar-refractivity contribution in [2.75, 3.05) is 42.9 Å². The minimum Gasteiger partial charge on any atom is -0.368 e. The van der Waals surface area contributed by atoms with Crippen molar-refractivity contribution >= 4 is 34.1 Å². The monoisotopic (exact) mass is 454 g/mol. The molecule has 32 heavy (non-hydrogen) atoms. The molecule has 0 aliphatic carbocycles. The minimum atomic E-state index is -0.356. The fourth-order valence-electron chi connectivity index (χ4n) is 3.40. The lowest BCUT2D eigenvalue weighted by Gasteiger charge is -2.36. The van der Waals surface area contributed by atoms with Gasteiger partial charge in [-0.15, -0.1) is 10.2 Å². The first-order valence-corrected chi connectivity index (χ1v) is 11.1. The number of piperazine rings is 1.